The van der Waals surface area contributed by atoms with Crippen molar-refractivity contribution in [3.8, 4) is 0 Å². The van der Waals surface area contributed by atoms with Crippen molar-refractivity contribution in [1.29, 1.82) is 0 Å². The Hall–Kier alpha value is -0.800. The third-order valence-electron chi connectivity index (χ3n) is 2.10. The summed E-state index contributed by atoms with van der Waals surface area (Å²) in [4.78, 5) is 11.2. The highest BCUT2D eigenvalue weighted by molar-refractivity contribution is 7.89. The van der Waals surface area contributed by atoms with Gasteiger partial charge in [-0.05, 0) is 0 Å². The number of carbonyl (C=O) groups excluding carboxylic acids is 1. The van der Waals surface area contributed by atoms with Gasteiger partial charge in [0.15, 0.2) is 0 Å². The smallest absolute Gasteiger partial charge is 0.350 e. The maximum absolute atomic E-state index is 12.3. The van der Waals surface area contributed by atoms with E-state index in [1.54, 1.807) is 0 Å². The molecule has 1 rings (SSSR count). The molecular weight excluding hydrogens is 248 g/mol. The first-order valence-corrected chi connectivity index (χ1v) is 5.86. The second kappa shape index (κ2) is 5.02. The van der Waals surface area contributed by atoms with E-state index in [9.17, 15) is 22.0 Å². The number of esters is 1. The van der Waals surface area contributed by atoms with Gasteiger partial charge in [-0.3, -0.25) is 4.79 Å². The van der Waals surface area contributed by atoms with E-state index in [1.807, 2.05) is 0 Å². The zero-order valence-corrected chi connectivity index (χ0v) is 9.25. The standard InChI is InChI=1S/C7H11F2NO5S/c1-14-6(11)5-4-15-3-2-10(5)16(12,13)7(8)9/h5,7H,2-4H2,1H3. The zero-order chi connectivity index (χ0) is 12.3. The fraction of sp³-hybridized carbons (Fsp3) is 0.857. The van der Waals surface area contributed by atoms with Crippen molar-refractivity contribution in [2.24, 2.45) is 0 Å². The Morgan fingerprint density at radius 1 is 1.56 bits per heavy atom. The quantitative estimate of drug-likeness (QED) is 0.634. The van der Waals surface area contributed by atoms with Crippen molar-refractivity contribution in [1.82, 2.24) is 4.31 Å². The molecule has 0 aliphatic carbocycles. The van der Waals surface area contributed by atoms with Gasteiger partial charge in [0, 0.05) is 6.54 Å². The van der Waals surface area contributed by atoms with Gasteiger partial charge >= 0.3 is 11.7 Å². The van der Waals surface area contributed by atoms with E-state index in [0.717, 1.165) is 7.11 Å². The Labute approximate surface area is 91.2 Å². The molecule has 1 unspecified atom stereocenters. The molecule has 1 saturated heterocycles. The van der Waals surface area contributed by atoms with Crippen molar-refractivity contribution in [2.45, 2.75) is 11.8 Å². The molecule has 0 aromatic carbocycles. The zero-order valence-electron chi connectivity index (χ0n) is 8.43. The van der Waals surface area contributed by atoms with Crippen LogP contribution in [0.25, 0.3) is 0 Å². The molecule has 1 fully saturated rings. The predicted molar refractivity (Wildman–Crippen MR) is 48.3 cm³/mol. The van der Waals surface area contributed by atoms with E-state index in [-0.39, 0.29) is 19.8 Å². The fourth-order valence-corrected chi connectivity index (χ4v) is 2.35. The van der Waals surface area contributed by atoms with Crippen LogP contribution in [0.15, 0.2) is 0 Å². The van der Waals surface area contributed by atoms with E-state index in [4.69, 9.17) is 4.74 Å². The van der Waals surface area contributed by atoms with Crippen molar-refractivity contribution < 1.29 is 31.5 Å². The summed E-state index contributed by atoms with van der Waals surface area (Å²) in [6, 6.07) is -1.34. The van der Waals surface area contributed by atoms with E-state index in [2.05, 4.69) is 4.74 Å². The summed E-state index contributed by atoms with van der Waals surface area (Å²) in [5, 5.41) is 0. The number of carbonyl (C=O) groups is 1. The second-order valence-electron chi connectivity index (χ2n) is 3.03. The Morgan fingerprint density at radius 2 is 2.19 bits per heavy atom. The second-order valence-corrected chi connectivity index (χ2v) is 4.89. The van der Waals surface area contributed by atoms with Gasteiger partial charge < -0.3 is 9.47 Å². The van der Waals surface area contributed by atoms with Crippen LogP contribution >= 0.6 is 0 Å². The average molecular weight is 259 g/mol. The van der Waals surface area contributed by atoms with Crippen LogP contribution in [-0.2, 0) is 24.3 Å². The van der Waals surface area contributed by atoms with Crippen LogP contribution in [0.4, 0.5) is 8.78 Å². The molecule has 0 spiro atoms. The first-order valence-electron chi connectivity index (χ1n) is 4.35. The average Bonchev–Trinajstić information content (AvgIpc) is 2.27. The number of alkyl halides is 2. The predicted octanol–water partition coefficient (Wildman–Crippen LogP) is -0.587. The molecule has 6 nitrogen and oxygen atoms in total. The van der Waals surface area contributed by atoms with E-state index in [0.29, 0.717) is 4.31 Å². The summed E-state index contributed by atoms with van der Waals surface area (Å²) in [6.07, 6.45) is 0. The normalized spacial score (nSPS) is 23.4. The molecule has 0 bridgehead atoms. The highest BCUT2D eigenvalue weighted by atomic mass is 32.2. The van der Waals surface area contributed by atoms with Crippen molar-refractivity contribution >= 4 is 16.0 Å². The van der Waals surface area contributed by atoms with Crippen LogP contribution in [0.3, 0.4) is 0 Å². The molecule has 0 aromatic heterocycles. The number of halogens is 2. The van der Waals surface area contributed by atoms with Gasteiger partial charge in [0.2, 0.25) is 0 Å². The first-order chi connectivity index (χ1) is 7.41. The summed E-state index contributed by atoms with van der Waals surface area (Å²) in [6.45, 7) is -0.593. The summed E-state index contributed by atoms with van der Waals surface area (Å²) in [7, 11) is -3.74. The Balaban J connectivity index is 2.95. The molecule has 9 heteroatoms. The largest absolute Gasteiger partial charge is 0.468 e. The van der Waals surface area contributed by atoms with E-state index < -0.39 is 27.8 Å². The maximum atomic E-state index is 12.3. The lowest BCUT2D eigenvalue weighted by Gasteiger charge is -2.32. The van der Waals surface area contributed by atoms with Crippen molar-refractivity contribution in [3.63, 3.8) is 0 Å². The minimum Gasteiger partial charge on any atom is -0.468 e. The monoisotopic (exact) mass is 259 g/mol. The third-order valence-corrected chi connectivity index (χ3v) is 3.65. The third kappa shape index (κ3) is 2.47. The van der Waals surface area contributed by atoms with Gasteiger partial charge in [0.05, 0.1) is 20.3 Å². The number of nitrogens with zero attached hydrogens (tertiary/aromatic N) is 1. The molecule has 0 amide bonds. The molecular formula is C7H11F2NO5S. The van der Waals surface area contributed by atoms with Crippen molar-refractivity contribution in [3.05, 3.63) is 0 Å². The van der Waals surface area contributed by atoms with Crippen molar-refractivity contribution in [2.75, 3.05) is 26.9 Å². The van der Waals surface area contributed by atoms with Gasteiger partial charge in [-0.15, -0.1) is 0 Å². The lowest BCUT2D eigenvalue weighted by molar-refractivity contribution is -0.149. The van der Waals surface area contributed by atoms with Crippen LogP contribution in [0.1, 0.15) is 0 Å². The summed E-state index contributed by atoms with van der Waals surface area (Å²) in [5.74, 6) is -4.47. The van der Waals surface area contributed by atoms with Gasteiger partial charge in [-0.2, -0.15) is 13.1 Å². The lowest BCUT2D eigenvalue weighted by atomic mass is 10.3. The van der Waals surface area contributed by atoms with Gasteiger partial charge in [-0.25, -0.2) is 8.42 Å². The number of methoxy groups -OCH3 is 1. The molecule has 1 heterocycles. The number of rotatable bonds is 3. The number of sulfonamides is 1. The molecule has 0 radical (unpaired) electrons. The highest BCUT2D eigenvalue weighted by Crippen LogP contribution is 2.19. The minimum atomic E-state index is -4.79. The topological polar surface area (TPSA) is 72.9 Å². The van der Waals surface area contributed by atoms with E-state index in [1.165, 1.54) is 0 Å². The molecule has 0 aromatic rings. The van der Waals surface area contributed by atoms with Crippen LogP contribution in [0, 0.1) is 0 Å². The molecule has 1 aliphatic heterocycles. The Bertz CT molecular complexity index is 358. The minimum absolute atomic E-state index is 0.0283. The van der Waals surface area contributed by atoms with Crippen LogP contribution in [0.2, 0.25) is 0 Å². The summed E-state index contributed by atoms with van der Waals surface area (Å²) >= 11 is 0. The Morgan fingerprint density at radius 3 is 2.69 bits per heavy atom. The number of hydrogen-bond donors (Lipinski definition) is 0. The molecule has 1 atom stereocenters. The van der Waals surface area contributed by atoms with E-state index >= 15 is 0 Å². The van der Waals surface area contributed by atoms with Crippen LogP contribution in [0.5, 0.6) is 0 Å². The first kappa shape index (κ1) is 13.3. The highest BCUT2D eigenvalue weighted by Gasteiger charge is 2.42. The SMILES string of the molecule is COC(=O)C1COCCN1S(=O)(=O)C(F)F. The molecule has 94 valence electrons. The molecule has 0 saturated carbocycles. The Kier molecular flexibility index (Phi) is 4.16. The van der Waals surface area contributed by atoms with Gasteiger partial charge in [0.1, 0.15) is 6.04 Å². The maximum Gasteiger partial charge on any atom is 0.350 e. The molecule has 16 heavy (non-hydrogen) atoms. The van der Waals surface area contributed by atoms with Gasteiger partial charge in [0.25, 0.3) is 10.0 Å². The molecule has 1 aliphatic rings. The molecule has 0 N–H and O–H groups in total. The number of hydrogen-bond acceptors (Lipinski definition) is 5. The van der Waals surface area contributed by atoms with Crippen LogP contribution in [-0.4, -0.2) is 57.4 Å². The summed E-state index contributed by atoms with van der Waals surface area (Å²) in [5.41, 5.74) is 0. The number of morpholine rings is 1. The summed E-state index contributed by atoms with van der Waals surface area (Å²) < 4.78 is 56.7. The lowest BCUT2D eigenvalue weighted by Crippen LogP contribution is -2.54. The fourth-order valence-electron chi connectivity index (χ4n) is 1.32. The van der Waals surface area contributed by atoms with Crippen LogP contribution < -0.4 is 0 Å². The van der Waals surface area contributed by atoms with Gasteiger partial charge in [-0.1, -0.05) is 0 Å². The number of ether oxygens (including phenoxy) is 2.